The van der Waals surface area contributed by atoms with E-state index in [4.69, 9.17) is 5.73 Å². The Bertz CT molecular complexity index is 348. The molecular weight excluding hydrogens is 214 g/mol. The molecule has 1 fully saturated rings. The molecule has 1 aromatic rings. The van der Waals surface area contributed by atoms with Gasteiger partial charge in [-0.3, -0.25) is 4.68 Å². The molecule has 5 nitrogen and oxygen atoms in total. The van der Waals surface area contributed by atoms with Crippen LogP contribution in [-0.4, -0.2) is 59.4 Å². The minimum absolute atomic E-state index is 0.682. The van der Waals surface area contributed by atoms with E-state index in [2.05, 4.69) is 29.0 Å². The van der Waals surface area contributed by atoms with Crippen molar-refractivity contribution in [3.05, 3.63) is 12.4 Å². The Kier molecular flexibility index (Phi) is 4.02. The van der Waals surface area contributed by atoms with Gasteiger partial charge in [-0.2, -0.15) is 5.10 Å². The van der Waals surface area contributed by atoms with E-state index in [0.29, 0.717) is 6.04 Å². The molecule has 2 heterocycles. The lowest BCUT2D eigenvalue weighted by molar-refractivity contribution is 0.130. The molecule has 1 aliphatic heterocycles. The number of hydrogen-bond donors (Lipinski definition) is 1. The predicted octanol–water partition coefficient (Wildman–Crippen LogP) is 0.491. The van der Waals surface area contributed by atoms with Crippen LogP contribution in [0.25, 0.3) is 0 Å². The van der Waals surface area contributed by atoms with Gasteiger partial charge in [-0.15, -0.1) is 0 Å². The number of nitrogen functional groups attached to an aromatic ring is 1. The first-order chi connectivity index (χ1) is 8.15. The fourth-order valence-corrected chi connectivity index (χ4v) is 2.44. The molecule has 5 heteroatoms. The molecule has 1 saturated heterocycles. The van der Waals surface area contributed by atoms with E-state index < -0.39 is 0 Å². The van der Waals surface area contributed by atoms with Gasteiger partial charge in [-0.05, 0) is 33.5 Å². The minimum Gasteiger partial charge on any atom is -0.396 e. The maximum Gasteiger partial charge on any atom is 0.0719 e. The van der Waals surface area contributed by atoms with Crippen molar-refractivity contribution >= 4 is 5.69 Å². The molecule has 2 rings (SSSR count). The van der Waals surface area contributed by atoms with E-state index in [1.807, 2.05) is 10.9 Å². The molecule has 1 aliphatic rings. The summed E-state index contributed by atoms with van der Waals surface area (Å²) in [6, 6.07) is 0.682. The van der Waals surface area contributed by atoms with Gasteiger partial charge in [-0.1, -0.05) is 0 Å². The molecule has 0 bridgehead atoms. The first-order valence-corrected chi connectivity index (χ1v) is 6.32. The van der Waals surface area contributed by atoms with Crippen LogP contribution in [0.1, 0.15) is 12.8 Å². The van der Waals surface area contributed by atoms with Gasteiger partial charge < -0.3 is 15.5 Å². The summed E-state index contributed by atoms with van der Waals surface area (Å²) >= 11 is 0. The zero-order valence-electron chi connectivity index (χ0n) is 10.8. The average Bonchev–Trinajstić information content (AvgIpc) is 2.72. The summed E-state index contributed by atoms with van der Waals surface area (Å²) in [6.45, 7) is 4.35. The molecule has 0 amide bonds. The molecule has 0 saturated carbocycles. The van der Waals surface area contributed by atoms with Gasteiger partial charge in [0.05, 0.1) is 18.4 Å². The molecule has 1 aromatic heterocycles. The Morgan fingerprint density at radius 1 is 1.59 bits per heavy atom. The summed E-state index contributed by atoms with van der Waals surface area (Å²) in [6.07, 6.45) is 6.21. The summed E-state index contributed by atoms with van der Waals surface area (Å²) in [4.78, 5) is 4.85. The number of likely N-dealkylation sites (N-methyl/N-ethyl adjacent to an activating group) is 2. The van der Waals surface area contributed by atoms with Crippen LogP contribution < -0.4 is 5.73 Å². The smallest absolute Gasteiger partial charge is 0.0719 e. The molecule has 0 spiro atoms. The van der Waals surface area contributed by atoms with Crippen molar-refractivity contribution < 1.29 is 0 Å². The Morgan fingerprint density at radius 3 is 3.06 bits per heavy atom. The van der Waals surface area contributed by atoms with Gasteiger partial charge in [-0.25, -0.2) is 0 Å². The van der Waals surface area contributed by atoms with Crippen molar-refractivity contribution in [1.82, 2.24) is 19.6 Å². The lowest BCUT2D eigenvalue weighted by Crippen LogP contribution is -2.45. The summed E-state index contributed by atoms with van der Waals surface area (Å²) in [7, 11) is 4.41. The topological polar surface area (TPSA) is 50.3 Å². The van der Waals surface area contributed by atoms with Crippen LogP contribution in [0.2, 0.25) is 0 Å². The first kappa shape index (κ1) is 12.4. The monoisotopic (exact) mass is 237 g/mol. The number of anilines is 1. The lowest BCUT2D eigenvalue weighted by atomic mass is 10.1. The highest BCUT2D eigenvalue weighted by Crippen LogP contribution is 2.13. The zero-order valence-corrected chi connectivity index (χ0v) is 10.8. The molecular formula is C12H23N5. The van der Waals surface area contributed by atoms with Crippen molar-refractivity contribution in [2.24, 2.45) is 0 Å². The fourth-order valence-electron chi connectivity index (χ4n) is 2.44. The number of nitrogens with two attached hydrogens (primary N) is 1. The molecule has 2 N–H and O–H groups in total. The van der Waals surface area contributed by atoms with Crippen LogP contribution in [0.5, 0.6) is 0 Å². The molecule has 17 heavy (non-hydrogen) atoms. The second-order valence-corrected chi connectivity index (χ2v) is 5.08. The molecule has 0 aromatic carbocycles. The third kappa shape index (κ3) is 3.44. The van der Waals surface area contributed by atoms with Crippen LogP contribution in [0.4, 0.5) is 5.69 Å². The van der Waals surface area contributed by atoms with E-state index in [9.17, 15) is 0 Å². The van der Waals surface area contributed by atoms with E-state index in [1.165, 1.54) is 25.9 Å². The second-order valence-electron chi connectivity index (χ2n) is 5.08. The zero-order chi connectivity index (χ0) is 12.3. The summed E-state index contributed by atoms with van der Waals surface area (Å²) in [5.74, 6) is 0. The number of rotatable bonds is 4. The number of likely N-dealkylation sites (tertiary alicyclic amines) is 1. The second kappa shape index (κ2) is 5.51. The Hall–Kier alpha value is -1.07. The van der Waals surface area contributed by atoms with Gasteiger partial charge >= 0.3 is 0 Å². The maximum absolute atomic E-state index is 5.64. The number of hydrogen-bond acceptors (Lipinski definition) is 4. The molecule has 96 valence electrons. The Labute approximate surface area is 103 Å². The van der Waals surface area contributed by atoms with E-state index in [-0.39, 0.29) is 0 Å². The Balaban J connectivity index is 1.78. The third-order valence-corrected chi connectivity index (χ3v) is 3.56. The van der Waals surface area contributed by atoms with E-state index in [1.54, 1.807) is 6.20 Å². The van der Waals surface area contributed by atoms with Gasteiger partial charge in [0.1, 0.15) is 0 Å². The van der Waals surface area contributed by atoms with E-state index in [0.717, 1.165) is 18.8 Å². The van der Waals surface area contributed by atoms with Crippen molar-refractivity contribution in [3.63, 3.8) is 0 Å². The van der Waals surface area contributed by atoms with Crippen LogP contribution in [-0.2, 0) is 6.54 Å². The predicted molar refractivity (Wildman–Crippen MR) is 69.8 cm³/mol. The van der Waals surface area contributed by atoms with Crippen LogP contribution >= 0.6 is 0 Å². The highest BCUT2D eigenvalue weighted by Gasteiger charge is 2.20. The SMILES string of the molecule is CN1CCCC(N(C)CCn2cc(N)cn2)C1. The van der Waals surface area contributed by atoms with Gasteiger partial charge in [0.15, 0.2) is 0 Å². The number of aromatic nitrogens is 2. The van der Waals surface area contributed by atoms with Gasteiger partial charge in [0, 0.05) is 25.3 Å². The highest BCUT2D eigenvalue weighted by atomic mass is 15.3. The Morgan fingerprint density at radius 2 is 2.41 bits per heavy atom. The van der Waals surface area contributed by atoms with Crippen molar-refractivity contribution in [1.29, 1.82) is 0 Å². The summed E-state index contributed by atoms with van der Waals surface area (Å²) < 4.78 is 1.92. The van der Waals surface area contributed by atoms with Crippen LogP contribution in [0.15, 0.2) is 12.4 Å². The summed E-state index contributed by atoms with van der Waals surface area (Å²) in [5, 5.41) is 4.20. The largest absolute Gasteiger partial charge is 0.396 e. The standard InChI is InChI=1S/C12H23N5/c1-15-5-3-4-12(10-15)16(2)6-7-17-9-11(13)8-14-17/h8-9,12H,3-7,10,13H2,1-2H3. The van der Waals surface area contributed by atoms with Gasteiger partial charge in [0.25, 0.3) is 0 Å². The maximum atomic E-state index is 5.64. The molecule has 1 unspecified atom stereocenters. The number of nitrogens with zero attached hydrogens (tertiary/aromatic N) is 4. The van der Waals surface area contributed by atoms with Crippen molar-refractivity contribution in [2.45, 2.75) is 25.4 Å². The normalized spacial score (nSPS) is 22.2. The molecule has 0 aliphatic carbocycles. The van der Waals surface area contributed by atoms with E-state index >= 15 is 0 Å². The van der Waals surface area contributed by atoms with Crippen LogP contribution in [0, 0.1) is 0 Å². The van der Waals surface area contributed by atoms with Crippen molar-refractivity contribution in [3.8, 4) is 0 Å². The molecule has 0 radical (unpaired) electrons. The van der Waals surface area contributed by atoms with Gasteiger partial charge in [0.2, 0.25) is 0 Å². The quantitative estimate of drug-likeness (QED) is 0.828. The minimum atomic E-state index is 0.682. The van der Waals surface area contributed by atoms with Crippen molar-refractivity contribution in [2.75, 3.05) is 39.5 Å². The average molecular weight is 237 g/mol. The summed E-state index contributed by atoms with van der Waals surface area (Å²) in [5.41, 5.74) is 6.38. The third-order valence-electron chi connectivity index (χ3n) is 3.56. The number of piperidine rings is 1. The van der Waals surface area contributed by atoms with Crippen LogP contribution in [0.3, 0.4) is 0 Å². The first-order valence-electron chi connectivity index (χ1n) is 6.32. The molecule has 1 atom stereocenters. The fraction of sp³-hybridized carbons (Fsp3) is 0.750. The highest BCUT2D eigenvalue weighted by molar-refractivity contribution is 5.30. The lowest BCUT2D eigenvalue weighted by Gasteiger charge is -2.35.